The Kier molecular flexibility index (Phi) is 6.44. The van der Waals surface area contributed by atoms with E-state index >= 15 is 0 Å². The summed E-state index contributed by atoms with van der Waals surface area (Å²) in [6, 6.07) is 3.69. The van der Waals surface area contributed by atoms with E-state index in [4.69, 9.17) is 5.26 Å². The molecule has 0 spiro atoms. The fraction of sp³-hybridized carbons (Fsp3) is 0.923. The number of hydrogen-bond donors (Lipinski definition) is 1. The number of hydrogen-bond acceptors (Lipinski definition) is 3. The number of nitrogens with one attached hydrogen (secondary N) is 1. The molecule has 0 amide bonds. The van der Waals surface area contributed by atoms with Crippen LogP contribution in [0.25, 0.3) is 0 Å². The number of nitrogens with zero attached hydrogens (tertiary/aromatic N) is 2. The zero-order valence-electron chi connectivity index (χ0n) is 10.7. The van der Waals surface area contributed by atoms with Crippen LogP contribution in [-0.4, -0.2) is 36.6 Å². The van der Waals surface area contributed by atoms with Crippen LogP contribution in [0.5, 0.6) is 0 Å². The van der Waals surface area contributed by atoms with Gasteiger partial charge < -0.3 is 5.32 Å². The van der Waals surface area contributed by atoms with Crippen molar-refractivity contribution in [3.05, 3.63) is 0 Å². The van der Waals surface area contributed by atoms with Gasteiger partial charge in [-0.2, -0.15) is 5.26 Å². The molecule has 1 aliphatic carbocycles. The summed E-state index contributed by atoms with van der Waals surface area (Å²) in [5, 5.41) is 12.2. The summed E-state index contributed by atoms with van der Waals surface area (Å²) in [6.07, 6.45) is 5.83. The van der Waals surface area contributed by atoms with Crippen LogP contribution in [0.4, 0.5) is 0 Å². The van der Waals surface area contributed by atoms with Crippen LogP contribution >= 0.6 is 0 Å². The molecule has 3 nitrogen and oxygen atoms in total. The lowest BCUT2D eigenvalue weighted by molar-refractivity contribution is 0.153. The third-order valence-electron chi connectivity index (χ3n) is 3.62. The Bertz CT molecular complexity index is 214. The molecule has 0 aromatic rings. The van der Waals surface area contributed by atoms with Crippen LogP contribution in [-0.2, 0) is 0 Å². The Morgan fingerprint density at radius 2 is 1.94 bits per heavy atom. The van der Waals surface area contributed by atoms with Crippen molar-refractivity contribution in [3.8, 4) is 6.07 Å². The molecule has 0 unspecified atom stereocenters. The van der Waals surface area contributed by atoms with Crippen LogP contribution in [0.3, 0.4) is 0 Å². The lowest BCUT2D eigenvalue weighted by Gasteiger charge is -2.36. The minimum Gasteiger partial charge on any atom is -0.314 e. The third-order valence-corrected chi connectivity index (χ3v) is 3.62. The van der Waals surface area contributed by atoms with Crippen molar-refractivity contribution in [2.24, 2.45) is 0 Å². The molecule has 92 valence electrons. The highest BCUT2D eigenvalue weighted by Gasteiger charge is 2.24. The van der Waals surface area contributed by atoms with Gasteiger partial charge in [-0.25, -0.2) is 0 Å². The summed E-state index contributed by atoms with van der Waals surface area (Å²) in [5.74, 6) is 0. The Hall–Kier alpha value is -0.590. The minimum absolute atomic E-state index is 0.668. The van der Waals surface area contributed by atoms with Gasteiger partial charge in [0.2, 0.25) is 0 Å². The van der Waals surface area contributed by atoms with Gasteiger partial charge >= 0.3 is 0 Å². The molecule has 16 heavy (non-hydrogen) atoms. The first-order valence-corrected chi connectivity index (χ1v) is 6.66. The van der Waals surface area contributed by atoms with Crippen molar-refractivity contribution >= 4 is 0 Å². The molecule has 3 heteroatoms. The van der Waals surface area contributed by atoms with E-state index in [2.05, 4.69) is 30.1 Å². The van der Waals surface area contributed by atoms with Gasteiger partial charge in [-0.1, -0.05) is 13.8 Å². The Morgan fingerprint density at radius 1 is 1.25 bits per heavy atom. The second-order valence-electron chi connectivity index (χ2n) is 4.60. The monoisotopic (exact) mass is 223 g/mol. The maximum atomic E-state index is 8.63. The molecule has 0 aromatic heterocycles. The third kappa shape index (κ3) is 4.11. The van der Waals surface area contributed by atoms with E-state index < -0.39 is 0 Å². The molecule has 1 N–H and O–H groups in total. The van der Waals surface area contributed by atoms with E-state index in [9.17, 15) is 0 Å². The van der Waals surface area contributed by atoms with Gasteiger partial charge in [-0.15, -0.1) is 0 Å². The summed E-state index contributed by atoms with van der Waals surface area (Å²) in [7, 11) is 0. The lowest BCUT2D eigenvalue weighted by Crippen LogP contribution is -2.42. The Labute approximate surface area is 99.8 Å². The van der Waals surface area contributed by atoms with Crippen LogP contribution < -0.4 is 5.32 Å². The highest BCUT2D eigenvalue weighted by molar-refractivity contribution is 4.83. The summed E-state index contributed by atoms with van der Waals surface area (Å²) < 4.78 is 0. The molecule has 0 bridgehead atoms. The average molecular weight is 223 g/mol. The van der Waals surface area contributed by atoms with Crippen LogP contribution in [0.2, 0.25) is 0 Å². The lowest BCUT2D eigenvalue weighted by atomic mass is 9.90. The van der Waals surface area contributed by atoms with Crippen molar-refractivity contribution in [2.75, 3.05) is 19.6 Å². The highest BCUT2D eigenvalue weighted by atomic mass is 15.1. The summed E-state index contributed by atoms with van der Waals surface area (Å²) in [4.78, 5) is 2.48. The van der Waals surface area contributed by atoms with Crippen LogP contribution in [0, 0.1) is 11.3 Å². The maximum absolute atomic E-state index is 8.63. The smallest absolute Gasteiger partial charge is 0.0635 e. The standard InChI is InChI=1S/C13H25N3/c1-3-15-12-6-8-13(9-7-12)16(4-2)11-5-10-14/h12-13,15H,3-9,11H2,1-2H3. The average Bonchev–Trinajstić information content (AvgIpc) is 2.32. The van der Waals surface area contributed by atoms with Crippen molar-refractivity contribution < 1.29 is 0 Å². The molecule has 0 aromatic carbocycles. The molecule has 0 radical (unpaired) electrons. The van der Waals surface area contributed by atoms with E-state index in [1.165, 1.54) is 25.7 Å². The molecule has 0 atom stereocenters. The van der Waals surface area contributed by atoms with Gasteiger partial charge in [0.05, 0.1) is 6.07 Å². The number of rotatable bonds is 6. The molecule has 1 rings (SSSR count). The van der Waals surface area contributed by atoms with Crippen molar-refractivity contribution in [3.63, 3.8) is 0 Å². The molecule has 1 fully saturated rings. The van der Waals surface area contributed by atoms with Crippen LogP contribution in [0.1, 0.15) is 46.0 Å². The van der Waals surface area contributed by atoms with Gasteiger partial charge in [0.25, 0.3) is 0 Å². The van der Waals surface area contributed by atoms with E-state index in [0.717, 1.165) is 25.7 Å². The van der Waals surface area contributed by atoms with Crippen molar-refractivity contribution in [2.45, 2.75) is 58.0 Å². The van der Waals surface area contributed by atoms with E-state index in [1.807, 2.05) is 0 Å². The maximum Gasteiger partial charge on any atom is 0.0635 e. The Balaban J connectivity index is 2.30. The normalized spacial score (nSPS) is 25.6. The minimum atomic E-state index is 0.668. The fourth-order valence-corrected chi connectivity index (χ4v) is 2.73. The largest absolute Gasteiger partial charge is 0.314 e. The molecule has 0 saturated heterocycles. The van der Waals surface area contributed by atoms with Gasteiger partial charge in [-0.05, 0) is 38.8 Å². The van der Waals surface area contributed by atoms with E-state index in [0.29, 0.717) is 12.5 Å². The summed E-state index contributed by atoms with van der Waals surface area (Å²) >= 11 is 0. The van der Waals surface area contributed by atoms with Gasteiger partial charge in [0, 0.05) is 25.0 Å². The Morgan fingerprint density at radius 3 is 2.44 bits per heavy atom. The summed E-state index contributed by atoms with van der Waals surface area (Å²) in [6.45, 7) is 7.49. The zero-order chi connectivity index (χ0) is 11.8. The second-order valence-corrected chi connectivity index (χ2v) is 4.60. The van der Waals surface area contributed by atoms with Crippen LogP contribution in [0.15, 0.2) is 0 Å². The molecule has 0 aliphatic heterocycles. The number of nitriles is 1. The molecular formula is C13H25N3. The molecule has 1 saturated carbocycles. The van der Waals surface area contributed by atoms with E-state index in [-0.39, 0.29) is 0 Å². The second kappa shape index (κ2) is 7.65. The van der Waals surface area contributed by atoms with Crippen molar-refractivity contribution in [1.29, 1.82) is 5.26 Å². The van der Waals surface area contributed by atoms with Gasteiger partial charge in [0.1, 0.15) is 0 Å². The predicted octanol–water partition coefficient (Wildman–Crippen LogP) is 2.14. The topological polar surface area (TPSA) is 39.1 Å². The summed E-state index contributed by atoms with van der Waals surface area (Å²) in [5.41, 5.74) is 0. The predicted molar refractivity (Wildman–Crippen MR) is 67.2 cm³/mol. The first-order chi connectivity index (χ1) is 7.81. The zero-order valence-corrected chi connectivity index (χ0v) is 10.7. The molecule has 1 aliphatic rings. The van der Waals surface area contributed by atoms with Crippen molar-refractivity contribution in [1.82, 2.24) is 10.2 Å². The molecular weight excluding hydrogens is 198 g/mol. The SMILES string of the molecule is CCNC1CCC(N(CC)CCC#N)CC1. The first-order valence-electron chi connectivity index (χ1n) is 6.66. The van der Waals surface area contributed by atoms with E-state index in [1.54, 1.807) is 0 Å². The highest BCUT2D eigenvalue weighted by Crippen LogP contribution is 2.23. The van der Waals surface area contributed by atoms with Gasteiger partial charge in [0.15, 0.2) is 0 Å². The fourth-order valence-electron chi connectivity index (χ4n) is 2.73. The molecule has 0 heterocycles. The van der Waals surface area contributed by atoms with Gasteiger partial charge in [-0.3, -0.25) is 4.90 Å². The first kappa shape index (κ1) is 13.5. The quantitative estimate of drug-likeness (QED) is 0.750.